The molecule has 1 amide bonds. The molecular weight excluding hydrogens is 305 g/mol. The van der Waals surface area contributed by atoms with Gasteiger partial charge in [-0.25, -0.2) is 4.39 Å². The normalized spacial score (nSPS) is 10.4. The monoisotopic (exact) mass is 321 g/mol. The summed E-state index contributed by atoms with van der Waals surface area (Å²) >= 11 is 5.96. The van der Waals surface area contributed by atoms with Gasteiger partial charge in [0.15, 0.2) is 6.61 Å². The topological polar surface area (TPSA) is 38.3 Å². The molecule has 22 heavy (non-hydrogen) atoms. The highest BCUT2D eigenvalue weighted by Crippen LogP contribution is 2.27. The van der Waals surface area contributed by atoms with E-state index in [1.54, 1.807) is 19.1 Å². The van der Waals surface area contributed by atoms with E-state index in [0.717, 1.165) is 11.1 Å². The average Bonchev–Trinajstić information content (AvgIpc) is 2.40. The molecule has 3 nitrogen and oxygen atoms in total. The Labute approximate surface area is 134 Å². The van der Waals surface area contributed by atoms with Crippen LogP contribution < -0.4 is 10.1 Å². The summed E-state index contributed by atoms with van der Waals surface area (Å²) < 4.78 is 18.6. The van der Waals surface area contributed by atoms with Gasteiger partial charge in [0.2, 0.25) is 0 Å². The van der Waals surface area contributed by atoms with Crippen molar-refractivity contribution in [2.75, 3.05) is 11.9 Å². The zero-order valence-corrected chi connectivity index (χ0v) is 13.4. The van der Waals surface area contributed by atoms with Gasteiger partial charge in [-0.1, -0.05) is 11.6 Å². The summed E-state index contributed by atoms with van der Waals surface area (Å²) in [6.45, 7) is 5.35. The Morgan fingerprint density at radius 3 is 2.36 bits per heavy atom. The second-order valence-electron chi connectivity index (χ2n) is 5.16. The summed E-state index contributed by atoms with van der Waals surface area (Å²) in [5.41, 5.74) is 2.97. The molecule has 0 aliphatic rings. The first-order chi connectivity index (χ1) is 10.4. The number of ether oxygens (including phenoxy) is 1. The number of hydrogen-bond acceptors (Lipinski definition) is 2. The molecule has 0 spiro atoms. The van der Waals surface area contributed by atoms with Crippen LogP contribution in [0, 0.1) is 26.6 Å². The van der Waals surface area contributed by atoms with Crippen LogP contribution in [-0.4, -0.2) is 12.5 Å². The molecule has 5 heteroatoms. The maximum atomic E-state index is 13.0. The van der Waals surface area contributed by atoms with Crippen molar-refractivity contribution in [3.63, 3.8) is 0 Å². The molecule has 2 rings (SSSR count). The van der Waals surface area contributed by atoms with Crippen LogP contribution >= 0.6 is 11.6 Å². The van der Waals surface area contributed by atoms with Crippen molar-refractivity contribution in [1.82, 2.24) is 0 Å². The molecule has 0 heterocycles. The maximum absolute atomic E-state index is 13.0. The molecule has 0 saturated heterocycles. The Morgan fingerprint density at radius 2 is 1.77 bits per heavy atom. The van der Waals surface area contributed by atoms with Crippen LogP contribution in [0.2, 0.25) is 5.02 Å². The molecule has 0 bridgehead atoms. The number of nitrogens with one attached hydrogen (secondary N) is 1. The number of rotatable bonds is 4. The maximum Gasteiger partial charge on any atom is 0.262 e. The molecule has 0 aromatic heterocycles. The Morgan fingerprint density at radius 1 is 1.14 bits per heavy atom. The molecule has 116 valence electrons. The third-order valence-corrected chi connectivity index (χ3v) is 3.45. The number of carbonyl (C=O) groups is 1. The van der Waals surface area contributed by atoms with Gasteiger partial charge >= 0.3 is 0 Å². The minimum atomic E-state index is -0.334. The number of aryl methyl sites for hydroxylation is 3. The summed E-state index contributed by atoms with van der Waals surface area (Å²) in [5, 5.41) is 3.33. The standard InChI is InChI=1S/C17H17ClFNO2/c1-10-8-14(19)4-5-15(10)20-16(21)9-22-17-11(2)6-13(18)7-12(17)3/h4-8H,9H2,1-3H3,(H,20,21). The van der Waals surface area contributed by atoms with Crippen LogP contribution in [-0.2, 0) is 4.79 Å². The second kappa shape index (κ2) is 6.79. The molecule has 2 aromatic carbocycles. The lowest BCUT2D eigenvalue weighted by Gasteiger charge is -2.13. The van der Waals surface area contributed by atoms with Gasteiger partial charge < -0.3 is 10.1 Å². The first kappa shape index (κ1) is 16.3. The van der Waals surface area contributed by atoms with E-state index in [0.29, 0.717) is 22.0 Å². The van der Waals surface area contributed by atoms with E-state index < -0.39 is 0 Å². The third-order valence-electron chi connectivity index (χ3n) is 3.24. The van der Waals surface area contributed by atoms with Crippen LogP contribution in [0.1, 0.15) is 16.7 Å². The number of hydrogen-bond donors (Lipinski definition) is 1. The van der Waals surface area contributed by atoms with Gasteiger partial charge in [0.1, 0.15) is 11.6 Å². The minimum Gasteiger partial charge on any atom is -0.483 e. The average molecular weight is 322 g/mol. The fourth-order valence-corrected chi connectivity index (χ4v) is 2.54. The van der Waals surface area contributed by atoms with Gasteiger partial charge in [-0.2, -0.15) is 0 Å². The highest BCUT2D eigenvalue weighted by Gasteiger charge is 2.10. The number of anilines is 1. The summed E-state index contributed by atoms with van der Waals surface area (Å²) in [5.74, 6) is 0.0120. The third kappa shape index (κ3) is 3.98. The van der Waals surface area contributed by atoms with E-state index in [4.69, 9.17) is 16.3 Å². The number of amides is 1. The zero-order chi connectivity index (χ0) is 16.3. The molecule has 0 fully saturated rings. The van der Waals surface area contributed by atoms with Gasteiger partial charge in [0.25, 0.3) is 5.91 Å². The molecule has 0 aliphatic carbocycles. The van der Waals surface area contributed by atoms with Gasteiger partial charge in [0.05, 0.1) is 0 Å². The van der Waals surface area contributed by atoms with Crippen molar-refractivity contribution in [1.29, 1.82) is 0 Å². The molecule has 0 saturated carbocycles. The van der Waals surface area contributed by atoms with E-state index in [1.807, 2.05) is 13.8 Å². The van der Waals surface area contributed by atoms with Crippen molar-refractivity contribution >= 4 is 23.2 Å². The lowest BCUT2D eigenvalue weighted by molar-refractivity contribution is -0.118. The smallest absolute Gasteiger partial charge is 0.262 e. The molecule has 0 unspecified atom stereocenters. The lowest BCUT2D eigenvalue weighted by atomic mass is 10.1. The van der Waals surface area contributed by atoms with E-state index in [-0.39, 0.29) is 18.3 Å². The number of halogens is 2. The van der Waals surface area contributed by atoms with Crippen molar-refractivity contribution < 1.29 is 13.9 Å². The van der Waals surface area contributed by atoms with Gasteiger partial charge in [-0.05, 0) is 67.8 Å². The highest BCUT2D eigenvalue weighted by molar-refractivity contribution is 6.30. The summed E-state index contributed by atoms with van der Waals surface area (Å²) in [6.07, 6.45) is 0. The molecule has 0 atom stereocenters. The van der Waals surface area contributed by atoms with Crippen LogP contribution in [0.5, 0.6) is 5.75 Å². The van der Waals surface area contributed by atoms with Gasteiger partial charge in [0, 0.05) is 10.7 Å². The van der Waals surface area contributed by atoms with E-state index in [9.17, 15) is 9.18 Å². The molecule has 2 aromatic rings. The molecule has 0 radical (unpaired) electrons. The van der Waals surface area contributed by atoms with E-state index in [2.05, 4.69) is 5.32 Å². The van der Waals surface area contributed by atoms with Crippen molar-refractivity contribution in [3.05, 3.63) is 57.9 Å². The van der Waals surface area contributed by atoms with Crippen LogP contribution in [0.3, 0.4) is 0 Å². The first-order valence-electron chi connectivity index (χ1n) is 6.82. The fraction of sp³-hybridized carbons (Fsp3) is 0.235. The van der Waals surface area contributed by atoms with Gasteiger partial charge in [-0.15, -0.1) is 0 Å². The SMILES string of the molecule is Cc1cc(F)ccc1NC(=O)COc1c(C)cc(Cl)cc1C. The van der Waals surface area contributed by atoms with Crippen LogP contribution in [0.4, 0.5) is 10.1 Å². The summed E-state index contributed by atoms with van der Waals surface area (Å²) in [6, 6.07) is 7.76. The molecular formula is C17H17ClFNO2. The Bertz CT molecular complexity index is 693. The van der Waals surface area contributed by atoms with Crippen molar-refractivity contribution in [2.45, 2.75) is 20.8 Å². The number of carbonyl (C=O) groups excluding carboxylic acids is 1. The van der Waals surface area contributed by atoms with E-state index in [1.165, 1.54) is 18.2 Å². The second-order valence-corrected chi connectivity index (χ2v) is 5.60. The fourth-order valence-electron chi connectivity index (χ4n) is 2.22. The predicted octanol–water partition coefficient (Wildman–Crippen LogP) is 4.42. The Hall–Kier alpha value is -2.07. The predicted molar refractivity (Wildman–Crippen MR) is 86.2 cm³/mol. The largest absolute Gasteiger partial charge is 0.483 e. The Kier molecular flexibility index (Phi) is 5.03. The zero-order valence-electron chi connectivity index (χ0n) is 12.7. The highest BCUT2D eigenvalue weighted by atomic mass is 35.5. The summed E-state index contributed by atoms with van der Waals surface area (Å²) in [7, 11) is 0. The van der Waals surface area contributed by atoms with Crippen molar-refractivity contribution in [3.8, 4) is 5.75 Å². The first-order valence-corrected chi connectivity index (χ1v) is 7.20. The quantitative estimate of drug-likeness (QED) is 0.905. The van der Waals surface area contributed by atoms with Crippen molar-refractivity contribution in [2.24, 2.45) is 0 Å². The van der Waals surface area contributed by atoms with Gasteiger partial charge in [-0.3, -0.25) is 4.79 Å². The molecule has 0 aliphatic heterocycles. The number of benzene rings is 2. The van der Waals surface area contributed by atoms with E-state index >= 15 is 0 Å². The summed E-state index contributed by atoms with van der Waals surface area (Å²) in [4.78, 5) is 12.0. The molecule has 1 N–H and O–H groups in total. The van der Waals surface area contributed by atoms with Crippen LogP contribution in [0.15, 0.2) is 30.3 Å². The minimum absolute atomic E-state index is 0.125. The Balaban J connectivity index is 2.02. The van der Waals surface area contributed by atoms with Crippen LogP contribution in [0.25, 0.3) is 0 Å². The lowest BCUT2D eigenvalue weighted by Crippen LogP contribution is -2.21.